The molecule has 0 aromatic heterocycles. The lowest BCUT2D eigenvalue weighted by Crippen LogP contribution is -2.39. The maximum atomic E-state index is 3.77. The van der Waals surface area contributed by atoms with Crippen LogP contribution < -0.4 is 5.32 Å². The third-order valence-corrected chi connectivity index (χ3v) is 3.07. The molecule has 0 radical (unpaired) electrons. The predicted molar refractivity (Wildman–Crippen MR) is 62.5 cm³/mol. The highest BCUT2D eigenvalue weighted by molar-refractivity contribution is 4.83. The van der Waals surface area contributed by atoms with E-state index in [-0.39, 0.29) is 0 Å². The van der Waals surface area contributed by atoms with Gasteiger partial charge in [0.25, 0.3) is 0 Å². The molecule has 0 amide bonds. The van der Waals surface area contributed by atoms with Crippen LogP contribution >= 0.6 is 0 Å². The van der Waals surface area contributed by atoms with E-state index in [1.807, 2.05) is 6.08 Å². The van der Waals surface area contributed by atoms with E-state index in [9.17, 15) is 0 Å². The van der Waals surface area contributed by atoms with Crippen LogP contribution in [0.3, 0.4) is 0 Å². The van der Waals surface area contributed by atoms with E-state index in [1.165, 1.54) is 32.4 Å². The van der Waals surface area contributed by atoms with Gasteiger partial charge in [-0.15, -0.1) is 6.58 Å². The SMILES string of the molecule is C=CCCC(CC)NC1CCN(C)C1. The van der Waals surface area contributed by atoms with Crippen LogP contribution in [0.4, 0.5) is 0 Å². The second kappa shape index (κ2) is 6.20. The minimum atomic E-state index is 0.685. The first-order valence-corrected chi connectivity index (χ1v) is 5.81. The Balaban J connectivity index is 2.22. The number of nitrogens with one attached hydrogen (secondary N) is 1. The molecule has 1 N–H and O–H groups in total. The van der Waals surface area contributed by atoms with Crippen LogP contribution in [-0.4, -0.2) is 37.1 Å². The summed E-state index contributed by atoms with van der Waals surface area (Å²) in [4.78, 5) is 2.40. The maximum absolute atomic E-state index is 3.77. The number of hydrogen-bond acceptors (Lipinski definition) is 2. The molecule has 2 atom stereocenters. The Morgan fingerprint density at radius 1 is 1.64 bits per heavy atom. The van der Waals surface area contributed by atoms with Crippen LogP contribution in [0.2, 0.25) is 0 Å². The number of likely N-dealkylation sites (N-methyl/N-ethyl adjacent to an activating group) is 1. The van der Waals surface area contributed by atoms with Gasteiger partial charge in [-0.2, -0.15) is 0 Å². The molecule has 2 nitrogen and oxygen atoms in total. The highest BCUT2D eigenvalue weighted by Crippen LogP contribution is 2.10. The van der Waals surface area contributed by atoms with Gasteiger partial charge >= 0.3 is 0 Å². The molecule has 0 saturated carbocycles. The molecule has 0 aromatic carbocycles. The van der Waals surface area contributed by atoms with Gasteiger partial charge in [0.2, 0.25) is 0 Å². The smallest absolute Gasteiger partial charge is 0.0209 e. The molecule has 1 saturated heterocycles. The number of allylic oxidation sites excluding steroid dienone is 1. The van der Waals surface area contributed by atoms with Crippen molar-refractivity contribution in [3.8, 4) is 0 Å². The molecule has 0 spiro atoms. The largest absolute Gasteiger partial charge is 0.310 e. The topological polar surface area (TPSA) is 15.3 Å². The van der Waals surface area contributed by atoms with Crippen molar-refractivity contribution < 1.29 is 0 Å². The Labute approximate surface area is 88.4 Å². The molecule has 1 rings (SSSR count). The minimum absolute atomic E-state index is 0.685. The second-order valence-electron chi connectivity index (χ2n) is 4.39. The number of rotatable bonds is 6. The fourth-order valence-electron chi connectivity index (χ4n) is 2.13. The lowest BCUT2D eigenvalue weighted by atomic mass is 10.1. The molecule has 0 bridgehead atoms. The fraction of sp³-hybridized carbons (Fsp3) is 0.833. The third kappa shape index (κ3) is 3.81. The van der Waals surface area contributed by atoms with E-state index in [0.29, 0.717) is 6.04 Å². The maximum Gasteiger partial charge on any atom is 0.0209 e. The van der Waals surface area contributed by atoms with E-state index in [0.717, 1.165) is 12.5 Å². The van der Waals surface area contributed by atoms with Crippen molar-refractivity contribution >= 4 is 0 Å². The average Bonchev–Trinajstić information content (AvgIpc) is 2.58. The summed E-state index contributed by atoms with van der Waals surface area (Å²) >= 11 is 0. The summed E-state index contributed by atoms with van der Waals surface area (Å²) in [6.45, 7) is 8.50. The quantitative estimate of drug-likeness (QED) is 0.654. The second-order valence-corrected chi connectivity index (χ2v) is 4.39. The Bertz CT molecular complexity index is 168. The molecular weight excluding hydrogens is 172 g/mol. The van der Waals surface area contributed by atoms with E-state index < -0.39 is 0 Å². The summed E-state index contributed by atoms with van der Waals surface area (Å²) in [6.07, 6.45) is 6.93. The van der Waals surface area contributed by atoms with E-state index in [4.69, 9.17) is 0 Å². The van der Waals surface area contributed by atoms with E-state index in [2.05, 4.69) is 30.8 Å². The van der Waals surface area contributed by atoms with Gasteiger partial charge in [0.1, 0.15) is 0 Å². The first kappa shape index (κ1) is 11.7. The molecule has 1 heterocycles. The fourth-order valence-corrected chi connectivity index (χ4v) is 2.13. The Morgan fingerprint density at radius 3 is 2.93 bits per heavy atom. The highest BCUT2D eigenvalue weighted by atomic mass is 15.2. The molecule has 2 heteroatoms. The summed E-state index contributed by atoms with van der Waals surface area (Å²) in [5.41, 5.74) is 0. The van der Waals surface area contributed by atoms with Crippen molar-refractivity contribution in [1.82, 2.24) is 10.2 Å². The zero-order valence-corrected chi connectivity index (χ0v) is 9.63. The van der Waals surface area contributed by atoms with Crippen LogP contribution in [0.5, 0.6) is 0 Å². The van der Waals surface area contributed by atoms with Crippen LogP contribution in [0.15, 0.2) is 12.7 Å². The summed E-state index contributed by atoms with van der Waals surface area (Å²) in [6, 6.07) is 1.40. The van der Waals surface area contributed by atoms with Gasteiger partial charge in [-0.25, -0.2) is 0 Å². The Morgan fingerprint density at radius 2 is 2.43 bits per heavy atom. The number of likely N-dealkylation sites (tertiary alicyclic amines) is 1. The standard InChI is InChI=1S/C12H24N2/c1-4-6-7-11(5-2)13-12-8-9-14(3)10-12/h4,11-13H,1,5-10H2,2-3H3. The van der Waals surface area contributed by atoms with Gasteiger partial charge in [-0.1, -0.05) is 13.0 Å². The number of hydrogen-bond donors (Lipinski definition) is 1. The van der Waals surface area contributed by atoms with Crippen molar-refractivity contribution in [3.05, 3.63) is 12.7 Å². The normalized spacial score (nSPS) is 25.1. The molecule has 1 fully saturated rings. The van der Waals surface area contributed by atoms with Crippen LogP contribution in [0.1, 0.15) is 32.6 Å². The molecule has 0 aromatic rings. The van der Waals surface area contributed by atoms with Gasteiger partial charge in [-0.3, -0.25) is 0 Å². The zero-order valence-electron chi connectivity index (χ0n) is 9.63. The monoisotopic (exact) mass is 196 g/mol. The van der Waals surface area contributed by atoms with Crippen molar-refractivity contribution in [2.24, 2.45) is 0 Å². The Kier molecular flexibility index (Phi) is 5.20. The summed E-state index contributed by atoms with van der Waals surface area (Å²) in [5, 5.41) is 3.74. The zero-order chi connectivity index (χ0) is 10.4. The summed E-state index contributed by atoms with van der Waals surface area (Å²) in [5.74, 6) is 0. The van der Waals surface area contributed by atoms with Crippen molar-refractivity contribution in [2.75, 3.05) is 20.1 Å². The molecule has 0 aliphatic carbocycles. The van der Waals surface area contributed by atoms with Gasteiger partial charge in [-0.05, 0) is 39.3 Å². The molecule has 82 valence electrons. The lowest BCUT2D eigenvalue weighted by molar-refractivity contribution is 0.369. The lowest BCUT2D eigenvalue weighted by Gasteiger charge is -2.21. The van der Waals surface area contributed by atoms with Crippen molar-refractivity contribution in [1.29, 1.82) is 0 Å². The Hall–Kier alpha value is -0.340. The van der Waals surface area contributed by atoms with Crippen molar-refractivity contribution in [2.45, 2.75) is 44.7 Å². The van der Waals surface area contributed by atoms with E-state index >= 15 is 0 Å². The van der Waals surface area contributed by atoms with Crippen LogP contribution in [-0.2, 0) is 0 Å². The van der Waals surface area contributed by atoms with Crippen LogP contribution in [0, 0.1) is 0 Å². The van der Waals surface area contributed by atoms with Crippen molar-refractivity contribution in [3.63, 3.8) is 0 Å². The first-order valence-electron chi connectivity index (χ1n) is 5.81. The molecule has 1 aliphatic rings. The molecule has 14 heavy (non-hydrogen) atoms. The molecular formula is C12H24N2. The minimum Gasteiger partial charge on any atom is -0.310 e. The first-order chi connectivity index (χ1) is 6.76. The van der Waals surface area contributed by atoms with Gasteiger partial charge in [0.05, 0.1) is 0 Å². The summed E-state index contributed by atoms with van der Waals surface area (Å²) in [7, 11) is 2.20. The predicted octanol–water partition coefficient (Wildman–Crippen LogP) is 2.02. The van der Waals surface area contributed by atoms with Gasteiger partial charge in [0.15, 0.2) is 0 Å². The van der Waals surface area contributed by atoms with Crippen LogP contribution in [0.25, 0.3) is 0 Å². The van der Waals surface area contributed by atoms with Gasteiger partial charge in [0, 0.05) is 18.6 Å². The molecule has 1 aliphatic heterocycles. The highest BCUT2D eigenvalue weighted by Gasteiger charge is 2.20. The van der Waals surface area contributed by atoms with E-state index in [1.54, 1.807) is 0 Å². The summed E-state index contributed by atoms with van der Waals surface area (Å²) < 4.78 is 0. The average molecular weight is 196 g/mol. The number of nitrogens with zero attached hydrogens (tertiary/aromatic N) is 1. The van der Waals surface area contributed by atoms with Gasteiger partial charge < -0.3 is 10.2 Å². The third-order valence-electron chi connectivity index (χ3n) is 3.07. The molecule has 2 unspecified atom stereocenters.